The molecule has 3 rings (SSSR count). The molecule has 0 aliphatic carbocycles. The number of carbonyl (C=O) groups excluding carboxylic acids is 1. The molecule has 0 spiro atoms. The van der Waals surface area contributed by atoms with Crippen LogP contribution in [-0.2, 0) is 16.1 Å². The Morgan fingerprint density at radius 2 is 2.13 bits per heavy atom. The summed E-state index contributed by atoms with van der Waals surface area (Å²) in [6, 6.07) is 4.25. The summed E-state index contributed by atoms with van der Waals surface area (Å²) in [5.41, 5.74) is 1.12. The van der Waals surface area contributed by atoms with Crippen molar-refractivity contribution in [2.75, 3.05) is 39.8 Å². The third-order valence-corrected chi connectivity index (χ3v) is 4.72. The van der Waals surface area contributed by atoms with Gasteiger partial charge in [-0.2, -0.15) is 0 Å². The van der Waals surface area contributed by atoms with Crippen molar-refractivity contribution in [2.45, 2.75) is 31.5 Å². The number of carbonyl (C=O) groups is 1. The van der Waals surface area contributed by atoms with Gasteiger partial charge in [0.05, 0.1) is 6.61 Å². The molecule has 6 nitrogen and oxygen atoms in total. The van der Waals surface area contributed by atoms with E-state index in [9.17, 15) is 4.79 Å². The summed E-state index contributed by atoms with van der Waals surface area (Å²) in [5, 5.41) is 3.25. The minimum atomic E-state index is -0.356. The second-order valence-electron chi connectivity index (χ2n) is 6.42. The van der Waals surface area contributed by atoms with E-state index in [4.69, 9.17) is 4.74 Å². The fraction of sp³-hybridized carbons (Fsp3) is 0.647. The van der Waals surface area contributed by atoms with Crippen LogP contribution in [0.2, 0.25) is 0 Å². The molecule has 2 aliphatic rings. The average Bonchev–Trinajstić information content (AvgIpc) is 2.62. The number of pyridine rings is 1. The normalized spacial score (nSPS) is 23.6. The Labute approximate surface area is 137 Å². The summed E-state index contributed by atoms with van der Waals surface area (Å²) in [4.78, 5) is 21.4. The van der Waals surface area contributed by atoms with E-state index in [0.29, 0.717) is 19.7 Å². The molecule has 2 saturated heterocycles. The second kappa shape index (κ2) is 7.86. The van der Waals surface area contributed by atoms with Gasteiger partial charge in [0.1, 0.15) is 6.10 Å². The summed E-state index contributed by atoms with van der Waals surface area (Å²) >= 11 is 0. The average molecular weight is 318 g/mol. The van der Waals surface area contributed by atoms with Gasteiger partial charge in [-0.25, -0.2) is 0 Å². The van der Waals surface area contributed by atoms with Crippen molar-refractivity contribution in [3.05, 3.63) is 30.1 Å². The quantitative estimate of drug-likeness (QED) is 0.876. The van der Waals surface area contributed by atoms with Crippen LogP contribution in [0.3, 0.4) is 0 Å². The second-order valence-corrected chi connectivity index (χ2v) is 6.42. The number of hydrogen-bond donors (Lipinski definition) is 1. The largest absolute Gasteiger partial charge is 0.366 e. The van der Waals surface area contributed by atoms with E-state index in [1.807, 2.05) is 17.0 Å². The van der Waals surface area contributed by atoms with Gasteiger partial charge < -0.3 is 19.9 Å². The van der Waals surface area contributed by atoms with E-state index < -0.39 is 0 Å². The van der Waals surface area contributed by atoms with Crippen molar-refractivity contribution < 1.29 is 9.53 Å². The molecule has 1 amide bonds. The summed E-state index contributed by atoms with van der Waals surface area (Å²) < 4.78 is 5.69. The topological polar surface area (TPSA) is 57.7 Å². The SMILES string of the molecule is CN1CCC(N(Cc2ccncc2)C(=O)C2CNCCO2)CC1. The molecular weight excluding hydrogens is 292 g/mol. The molecule has 23 heavy (non-hydrogen) atoms. The van der Waals surface area contributed by atoms with Crippen LogP contribution in [0.15, 0.2) is 24.5 Å². The highest BCUT2D eigenvalue weighted by molar-refractivity contribution is 5.81. The van der Waals surface area contributed by atoms with Crippen molar-refractivity contribution in [1.82, 2.24) is 20.1 Å². The number of ether oxygens (including phenoxy) is 1. The highest BCUT2D eigenvalue weighted by Crippen LogP contribution is 2.20. The van der Waals surface area contributed by atoms with E-state index >= 15 is 0 Å². The van der Waals surface area contributed by atoms with E-state index in [1.165, 1.54) is 0 Å². The minimum Gasteiger partial charge on any atom is -0.366 e. The van der Waals surface area contributed by atoms with Crippen molar-refractivity contribution >= 4 is 5.91 Å². The maximum Gasteiger partial charge on any atom is 0.253 e. The van der Waals surface area contributed by atoms with E-state index in [2.05, 4.69) is 22.2 Å². The first-order chi connectivity index (χ1) is 11.2. The fourth-order valence-electron chi connectivity index (χ4n) is 3.29. The molecule has 3 heterocycles. The van der Waals surface area contributed by atoms with Gasteiger partial charge in [0.25, 0.3) is 5.91 Å². The lowest BCUT2D eigenvalue weighted by molar-refractivity contribution is -0.149. The summed E-state index contributed by atoms with van der Waals surface area (Å²) in [5.74, 6) is 0.114. The highest BCUT2D eigenvalue weighted by Gasteiger charge is 2.32. The smallest absolute Gasteiger partial charge is 0.253 e. The van der Waals surface area contributed by atoms with Crippen molar-refractivity contribution in [3.8, 4) is 0 Å². The number of hydrogen-bond acceptors (Lipinski definition) is 5. The van der Waals surface area contributed by atoms with Crippen LogP contribution in [0.4, 0.5) is 0 Å². The fourth-order valence-corrected chi connectivity index (χ4v) is 3.29. The number of amides is 1. The van der Waals surface area contributed by atoms with Crippen molar-refractivity contribution in [1.29, 1.82) is 0 Å². The molecule has 0 aromatic carbocycles. The maximum atomic E-state index is 13.0. The van der Waals surface area contributed by atoms with Crippen molar-refractivity contribution in [3.63, 3.8) is 0 Å². The Bertz CT molecular complexity index is 497. The molecule has 6 heteroatoms. The molecule has 1 N–H and O–H groups in total. The molecule has 1 aromatic heterocycles. The van der Waals surface area contributed by atoms with Gasteiger partial charge in [-0.05, 0) is 50.7 Å². The van der Waals surface area contributed by atoms with E-state index in [0.717, 1.165) is 38.0 Å². The monoisotopic (exact) mass is 318 g/mol. The van der Waals surface area contributed by atoms with Gasteiger partial charge in [-0.3, -0.25) is 9.78 Å². The summed E-state index contributed by atoms with van der Waals surface area (Å²) in [6.45, 7) is 4.74. The maximum absolute atomic E-state index is 13.0. The van der Waals surface area contributed by atoms with Gasteiger partial charge >= 0.3 is 0 Å². The Hall–Kier alpha value is -1.50. The Kier molecular flexibility index (Phi) is 5.59. The third-order valence-electron chi connectivity index (χ3n) is 4.72. The molecule has 0 saturated carbocycles. The van der Waals surface area contributed by atoms with Gasteiger partial charge in [0.15, 0.2) is 0 Å². The highest BCUT2D eigenvalue weighted by atomic mass is 16.5. The predicted molar refractivity (Wildman–Crippen MR) is 87.9 cm³/mol. The first-order valence-electron chi connectivity index (χ1n) is 8.44. The zero-order valence-corrected chi connectivity index (χ0v) is 13.8. The molecule has 1 atom stereocenters. The number of piperidine rings is 1. The number of morpholine rings is 1. The first kappa shape index (κ1) is 16.4. The predicted octanol–water partition coefficient (Wildman–Crippen LogP) is 0.493. The lowest BCUT2D eigenvalue weighted by Crippen LogP contribution is -2.53. The van der Waals surface area contributed by atoms with Gasteiger partial charge in [-0.1, -0.05) is 0 Å². The third kappa shape index (κ3) is 4.28. The van der Waals surface area contributed by atoms with Gasteiger partial charge in [0, 0.05) is 38.1 Å². The zero-order valence-electron chi connectivity index (χ0n) is 13.8. The van der Waals surface area contributed by atoms with Crippen LogP contribution in [0.5, 0.6) is 0 Å². The lowest BCUT2D eigenvalue weighted by atomic mass is 10.0. The van der Waals surface area contributed by atoms with E-state index in [1.54, 1.807) is 12.4 Å². The lowest BCUT2D eigenvalue weighted by Gasteiger charge is -2.39. The molecule has 2 aliphatic heterocycles. The molecule has 1 unspecified atom stereocenters. The van der Waals surface area contributed by atoms with Gasteiger partial charge in [-0.15, -0.1) is 0 Å². The van der Waals surface area contributed by atoms with Gasteiger partial charge in [0.2, 0.25) is 0 Å². The van der Waals surface area contributed by atoms with Crippen LogP contribution < -0.4 is 5.32 Å². The number of rotatable bonds is 4. The standard InChI is InChI=1S/C17H26N4O2/c1-20-9-4-15(5-10-20)21(13-14-2-6-18-7-3-14)17(22)16-12-19-8-11-23-16/h2-3,6-7,15-16,19H,4-5,8-13H2,1H3. The number of nitrogens with zero attached hydrogens (tertiary/aromatic N) is 3. The molecular formula is C17H26N4O2. The van der Waals surface area contributed by atoms with Crippen LogP contribution in [-0.4, -0.2) is 72.7 Å². The molecule has 126 valence electrons. The molecule has 2 fully saturated rings. The van der Waals surface area contributed by atoms with Crippen LogP contribution >= 0.6 is 0 Å². The number of likely N-dealkylation sites (tertiary alicyclic amines) is 1. The Balaban J connectivity index is 1.73. The zero-order chi connectivity index (χ0) is 16.1. The van der Waals surface area contributed by atoms with Crippen LogP contribution in [0.25, 0.3) is 0 Å². The Morgan fingerprint density at radius 1 is 1.39 bits per heavy atom. The number of nitrogens with one attached hydrogen (secondary N) is 1. The van der Waals surface area contributed by atoms with E-state index in [-0.39, 0.29) is 18.1 Å². The minimum absolute atomic E-state index is 0.114. The molecule has 0 bridgehead atoms. The summed E-state index contributed by atoms with van der Waals surface area (Å²) in [7, 11) is 2.14. The molecule has 1 aromatic rings. The number of aromatic nitrogens is 1. The first-order valence-corrected chi connectivity index (χ1v) is 8.44. The van der Waals surface area contributed by atoms with Crippen LogP contribution in [0, 0.1) is 0 Å². The summed E-state index contributed by atoms with van der Waals surface area (Å²) in [6.07, 6.45) is 5.25. The van der Waals surface area contributed by atoms with Crippen molar-refractivity contribution in [2.24, 2.45) is 0 Å². The Morgan fingerprint density at radius 3 is 2.78 bits per heavy atom. The van der Waals surface area contributed by atoms with Crippen LogP contribution in [0.1, 0.15) is 18.4 Å². The molecule has 0 radical (unpaired) electrons.